The van der Waals surface area contributed by atoms with E-state index in [9.17, 15) is 14.9 Å². The van der Waals surface area contributed by atoms with Gasteiger partial charge in [-0.25, -0.2) is 0 Å². The fourth-order valence-corrected chi connectivity index (χ4v) is 3.27. The lowest BCUT2D eigenvalue weighted by Crippen LogP contribution is -2.15. The van der Waals surface area contributed by atoms with Crippen LogP contribution in [0.2, 0.25) is 0 Å². The molecule has 0 heterocycles. The third kappa shape index (κ3) is 4.24. The summed E-state index contributed by atoms with van der Waals surface area (Å²) < 4.78 is 0. The summed E-state index contributed by atoms with van der Waals surface area (Å²) in [5, 5.41) is 13.9. The number of benzene rings is 1. The van der Waals surface area contributed by atoms with E-state index >= 15 is 0 Å². The van der Waals surface area contributed by atoms with E-state index in [1.54, 1.807) is 23.9 Å². The van der Waals surface area contributed by atoms with Crippen molar-refractivity contribution in [3.8, 4) is 0 Å². The predicted octanol–water partition coefficient (Wildman–Crippen LogP) is 3.21. The number of nitrogens with one attached hydrogen (secondary N) is 1. The molecule has 0 spiro atoms. The third-order valence-corrected chi connectivity index (χ3v) is 4.46. The summed E-state index contributed by atoms with van der Waals surface area (Å²) in [7, 11) is 0. The monoisotopic (exact) mass is 280 g/mol. The topological polar surface area (TPSA) is 72.2 Å². The van der Waals surface area contributed by atoms with Crippen molar-refractivity contribution in [2.75, 3.05) is 11.1 Å². The van der Waals surface area contributed by atoms with E-state index in [0.717, 1.165) is 0 Å². The first-order valence-corrected chi connectivity index (χ1v) is 7.36. The molecule has 0 atom stereocenters. The largest absolute Gasteiger partial charge is 0.325 e. The first kappa shape index (κ1) is 13.9. The van der Waals surface area contributed by atoms with Gasteiger partial charge in [0.25, 0.3) is 5.69 Å². The van der Waals surface area contributed by atoms with Crippen LogP contribution >= 0.6 is 11.8 Å². The molecule has 1 aromatic rings. The number of thioether (sulfide) groups is 1. The molecule has 0 aliphatic heterocycles. The number of nitro benzene ring substituents is 1. The Labute approximate surface area is 115 Å². The van der Waals surface area contributed by atoms with Crippen molar-refractivity contribution in [3.63, 3.8) is 0 Å². The number of amides is 1. The number of non-ortho nitro benzene ring substituents is 1. The minimum absolute atomic E-state index is 0.0127. The normalized spacial score (nSPS) is 15.4. The second kappa shape index (κ2) is 6.56. The fraction of sp³-hybridized carbons (Fsp3) is 0.462. The van der Waals surface area contributed by atoms with Crippen LogP contribution in [-0.2, 0) is 4.79 Å². The van der Waals surface area contributed by atoms with Crippen molar-refractivity contribution in [1.29, 1.82) is 0 Å². The van der Waals surface area contributed by atoms with E-state index < -0.39 is 4.92 Å². The lowest BCUT2D eigenvalue weighted by Gasteiger charge is -2.09. The van der Waals surface area contributed by atoms with E-state index in [2.05, 4.69) is 5.32 Å². The fourth-order valence-electron chi connectivity index (χ4n) is 2.14. The summed E-state index contributed by atoms with van der Waals surface area (Å²) in [6, 6.07) is 6.00. The summed E-state index contributed by atoms with van der Waals surface area (Å²) >= 11 is 1.68. The zero-order valence-corrected chi connectivity index (χ0v) is 11.3. The van der Waals surface area contributed by atoms with Gasteiger partial charge < -0.3 is 5.32 Å². The van der Waals surface area contributed by atoms with Gasteiger partial charge in [-0.1, -0.05) is 18.9 Å². The Morgan fingerprint density at radius 1 is 1.42 bits per heavy atom. The third-order valence-electron chi connectivity index (χ3n) is 3.09. The zero-order valence-electron chi connectivity index (χ0n) is 10.5. The van der Waals surface area contributed by atoms with Gasteiger partial charge in [0.15, 0.2) is 0 Å². The van der Waals surface area contributed by atoms with Gasteiger partial charge in [0.2, 0.25) is 5.91 Å². The number of hydrogen-bond donors (Lipinski definition) is 1. The number of anilines is 1. The van der Waals surface area contributed by atoms with Crippen molar-refractivity contribution in [3.05, 3.63) is 34.4 Å². The maximum atomic E-state index is 11.7. The molecule has 0 radical (unpaired) electrons. The van der Waals surface area contributed by atoms with Crippen LogP contribution in [-0.4, -0.2) is 21.8 Å². The van der Waals surface area contributed by atoms with Gasteiger partial charge in [-0.15, -0.1) is 11.8 Å². The minimum atomic E-state index is -0.469. The number of carbonyl (C=O) groups excluding carboxylic acids is 1. The highest BCUT2D eigenvalue weighted by Gasteiger charge is 2.17. The highest BCUT2D eigenvalue weighted by molar-refractivity contribution is 8.00. The van der Waals surface area contributed by atoms with Crippen LogP contribution in [0.1, 0.15) is 25.7 Å². The maximum absolute atomic E-state index is 11.7. The van der Waals surface area contributed by atoms with Crippen molar-refractivity contribution < 1.29 is 9.72 Å². The van der Waals surface area contributed by atoms with Gasteiger partial charge in [-0.3, -0.25) is 14.9 Å². The summed E-state index contributed by atoms with van der Waals surface area (Å²) in [6.45, 7) is 0. The molecule has 0 aromatic heterocycles. The maximum Gasteiger partial charge on any atom is 0.271 e. The number of nitrogens with zero attached hydrogens (tertiary/aromatic N) is 1. The summed E-state index contributed by atoms with van der Waals surface area (Å²) in [5.74, 6) is 0.310. The molecule has 1 aliphatic carbocycles. The van der Waals surface area contributed by atoms with E-state index in [-0.39, 0.29) is 11.6 Å². The number of hydrogen-bond acceptors (Lipinski definition) is 4. The average molecular weight is 280 g/mol. The van der Waals surface area contributed by atoms with Crippen LogP contribution < -0.4 is 5.32 Å². The molecule has 1 N–H and O–H groups in total. The van der Waals surface area contributed by atoms with Crippen LogP contribution in [0.5, 0.6) is 0 Å². The van der Waals surface area contributed by atoms with Crippen LogP contribution in [0, 0.1) is 10.1 Å². The molecule has 2 rings (SSSR count). The molecule has 19 heavy (non-hydrogen) atoms. The standard InChI is InChI=1S/C13H16N2O3S/c16-13(9-19-12-6-1-2-7-12)14-10-4-3-5-11(8-10)15(17)18/h3-5,8,12H,1-2,6-7,9H2,(H,14,16). The molecule has 1 aliphatic rings. The summed E-state index contributed by atoms with van der Waals surface area (Å²) in [5.41, 5.74) is 0.465. The lowest BCUT2D eigenvalue weighted by atomic mass is 10.3. The van der Waals surface area contributed by atoms with Crippen molar-refractivity contribution >= 4 is 29.0 Å². The molecule has 0 bridgehead atoms. The quantitative estimate of drug-likeness (QED) is 0.664. The predicted molar refractivity (Wildman–Crippen MR) is 76.4 cm³/mol. The highest BCUT2D eigenvalue weighted by atomic mass is 32.2. The number of carbonyl (C=O) groups is 1. The van der Waals surface area contributed by atoms with Gasteiger partial charge in [-0.2, -0.15) is 0 Å². The number of nitro groups is 1. The van der Waals surface area contributed by atoms with Crippen LogP contribution in [0.15, 0.2) is 24.3 Å². The molecular formula is C13H16N2O3S. The van der Waals surface area contributed by atoms with Crippen molar-refractivity contribution in [1.82, 2.24) is 0 Å². The van der Waals surface area contributed by atoms with E-state index in [0.29, 0.717) is 16.7 Å². The molecule has 6 heteroatoms. The second-order valence-electron chi connectivity index (χ2n) is 4.57. The Kier molecular flexibility index (Phi) is 4.79. The Morgan fingerprint density at radius 3 is 2.84 bits per heavy atom. The zero-order chi connectivity index (χ0) is 13.7. The SMILES string of the molecule is O=C(CSC1CCCC1)Nc1cccc([N+](=O)[O-])c1. The molecule has 0 saturated heterocycles. The molecule has 1 amide bonds. The molecule has 1 saturated carbocycles. The highest BCUT2D eigenvalue weighted by Crippen LogP contribution is 2.29. The van der Waals surface area contributed by atoms with Crippen molar-refractivity contribution in [2.24, 2.45) is 0 Å². The Hall–Kier alpha value is -1.56. The van der Waals surface area contributed by atoms with Crippen LogP contribution in [0.4, 0.5) is 11.4 Å². The minimum Gasteiger partial charge on any atom is -0.325 e. The van der Waals surface area contributed by atoms with Gasteiger partial charge in [0.1, 0.15) is 0 Å². The first-order valence-electron chi connectivity index (χ1n) is 6.31. The molecule has 102 valence electrons. The lowest BCUT2D eigenvalue weighted by molar-refractivity contribution is -0.384. The van der Waals surface area contributed by atoms with Gasteiger partial charge in [-0.05, 0) is 18.9 Å². The smallest absolute Gasteiger partial charge is 0.271 e. The molecule has 0 unspecified atom stereocenters. The van der Waals surface area contributed by atoms with E-state index in [1.807, 2.05) is 0 Å². The first-order chi connectivity index (χ1) is 9.15. The molecule has 1 fully saturated rings. The van der Waals surface area contributed by atoms with Gasteiger partial charge >= 0.3 is 0 Å². The molecule has 5 nitrogen and oxygen atoms in total. The van der Waals surface area contributed by atoms with Crippen LogP contribution in [0.3, 0.4) is 0 Å². The van der Waals surface area contributed by atoms with Crippen LogP contribution in [0.25, 0.3) is 0 Å². The van der Waals surface area contributed by atoms with Crippen molar-refractivity contribution in [2.45, 2.75) is 30.9 Å². The van der Waals surface area contributed by atoms with E-state index in [4.69, 9.17) is 0 Å². The Bertz CT molecular complexity index is 473. The number of rotatable bonds is 5. The molecular weight excluding hydrogens is 264 g/mol. The molecule has 1 aromatic carbocycles. The van der Waals surface area contributed by atoms with Gasteiger partial charge in [0.05, 0.1) is 10.7 Å². The second-order valence-corrected chi connectivity index (χ2v) is 5.86. The Balaban J connectivity index is 1.84. The average Bonchev–Trinajstić information content (AvgIpc) is 2.90. The summed E-state index contributed by atoms with van der Waals surface area (Å²) in [4.78, 5) is 21.9. The van der Waals surface area contributed by atoms with E-state index in [1.165, 1.54) is 37.8 Å². The van der Waals surface area contributed by atoms with Gasteiger partial charge in [0, 0.05) is 23.1 Å². The summed E-state index contributed by atoms with van der Waals surface area (Å²) in [6.07, 6.45) is 4.89. The Morgan fingerprint density at radius 2 is 2.16 bits per heavy atom.